The fourth-order valence-corrected chi connectivity index (χ4v) is 1.89. The van der Waals surface area contributed by atoms with Gasteiger partial charge in [0.1, 0.15) is 13.1 Å². The molecule has 0 saturated heterocycles. The molecule has 0 heterocycles. The Bertz CT molecular complexity index is 357. The van der Waals surface area contributed by atoms with Crippen LogP contribution >= 0.6 is 0 Å². The zero-order valence-corrected chi connectivity index (χ0v) is 13.3. The van der Waals surface area contributed by atoms with Gasteiger partial charge in [0.2, 0.25) is 0 Å². The molecule has 7 nitrogen and oxygen atoms in total. The van der Waals surface area contributed by atoms with Crippen molar-refractivity contribution < 1.29 is 24.2 Å². The van der Waals surface area contributed by atoms with E-state index in [2.05, 4.69) is 0 Å². The minimum Gasteiger partial charge on any atom is -0.480 e. The topological polar surface area (TPSA) is 87.2 Å². The summed E-state index contributed by atoms with van der Waals surface area (Å²) >= 11 is 0. The van der Waals surface area contributed by atoms with E-state index >= 15 is 0 Å². The first-order valence-electron chi connectivity index (χ1n) is 7.23. The molecule has 0 saturated carbocycles. The molecular weight excluding hydrogens is 276 g/mol. The zero-order valence-electron chi connectivity index (χ0n) is 13.3. The summed E-state index contributed by atoms with van der Waals surface area (Å²) < 4.78 is 4.84. The van der Waals surface area contributed by atoms with Crippen LogP contribution < -0.4 is 0 Å². The van der Waals surface area contributed by atoms with Crippen molar-refractivity contribution in [3.05, 3.63) is 0 Å². The van der Waals surface area contributed by atoms with Gasteiger partial charge in [-0.15, -0.1) is 0 Å². The molecule has 2 amide bonds. The normalized spacial score (nSPS) is 10.3. The molecule has 0 unspecified atom stereocenters. The lowest BCUT2D eigenvalue weighted by Gasteiger charge is -2.30. The van der Waals surface area contributed by atoms with Crippen molar-refractivity contribution in [2.45, 2.75) is 34.1 Å². The van der Waals surface area contributed by atoms with Crippen LogP contribution in [0.5, 0.6) is 0 Å². The molecule has 0 aliphatic heterocycles. The van der Waals surface area contributed by atoms with Crippen molar-refractivity contribution >= 4 is 18.0 Å². The maximum Gasteiger partial charge on any atom is 0.325 e. The van der Waals surface area contributed by atoms with Crippen molar-refractivity contribution in [2.75, 3.05) is 32.8 Å². The van der Waals surface area contributed by atoms with Gasteiger partial charge in [-0.3, -0.25) is 9.59 Å². The molecule has 0 aliphatic carbocycles. The van der Waals surface area contributed by atoms with E-state index < -0.39 is 18.0 Å². The maximum atomic E-state index is 12.4. The van der Waals surface area contributed by atoms with Gasteiger partial charge in [-0.25, -0.2) is 4.79 Å². The van der Waals surface area contributed by atoms with Crippen LogP contribution in [0.2, 0.25) is 0 Å². The fourth-order valence-electron chi connectivity index (χ4n) is 1.89. The molecule has 21 heavy (non-hydrogen) atoms. The van der Waals surface area contributed by atoms with Crippen LogP contribution in [0.15, 0.2) is 0 Å². The van der Waals surface area contributed by atoms with Crippen LogP contribution in [0.4, 0.5) is 4.79 Å². The quantitative estimate of drug-likeness (QED) is 0.651. The number of carboxylic acids is 1. The lowest BCUT2D eigenvalue weighted by atomic mass is 10.2. The summed E-state index contributed by atoms with van der Waals surface area (Å²) in [5.41, 5.74) is 0. The number of carbonyl (C=O) groups is 3. The van der Waals surface area contributed by atoms with E-state index in [0.717, 1.165) is 0 Å². The maximum absolute atomic E-state index is 12.4. The molecule has 0 aromatic carbocycles. The van der Waals surface area contributed by atoms with Crippen molar-refractivity contribution in [1.29, 1.82) is 0 Å². The molecular formula is C14H26N2O5. The minimum atomic E-state index is -1.07. The Labute approximate surface area is 125 Å². The minimum absolute atomic E-state index is 0.138. The lowest BCUT2D eigenvalue weighted by molar-refractivity contribution is -0.143. The Balaban J connectivity index is 4.92. The molecule has 0 aromatic heterocycles. The Kier molecular flexibility index (Phi) is 9.16. The number of rotatable bonds is 9. The summed E-state index contributed by atoms with van der Waals surface area (Å²) in [5.74, 6) is -1.42. The van der Waals surface area contributed by atoms with Gasteiger partial charge in [-0.1, -0.05) is 20.8 Å². The van der Waals surface area contributed by atoms with Gasteiger partial charge in [-0.05, 0) is 19.3 Å². The van der Waals surface area contributed by atoms with Crippen LogP contribution in [0.25, 0.3) is 0 Å². The van der Waals surface area contributed by atoms with Crippen LogP contribution in [0, 0.1) is 5.92 Å². The molecule has 122 valence electrons. The Morgan fingerprint density at radius 2 is 1.71 bits per heavy atom. The Morgan fingerprint density at radius 1 is 1.10 bits per heavy atom. The molecule has 0 aromatic rings. The van der Waals surface area contributed by atoms with Gasteiger partial charge >= 0.3 is 18.0 Å². The highest BCUT2D eigenvalue weighted by molar-refractivity contribution is 5.83. The largest absolute Gasteiger partial charge is 0.480 e. The predicted octanol–water partition coefficient (Wildman–Crippen LogP) is 1.42. The standard InChI is InChI=1S/C14H26N2O5/c1-5-7-15(10-13(19)21-6-2)14(20)16(8-11(3)4)9-12(17)18/h11H,5-10H2,1-4H3,(H,17,18). The Morgan fingerprint density at radius 3 is 2.14 bits per heavy atom. The van der Waals surface area contributed by atoms with Crippen molar-refractivity contribution in [3.8, 4) is 0 Å². The van der Waals surface area contributed by atoms with E-state index in [0.29, 0.717) is 19.5 Å². The van der Waals surface area contributed by atoms with Crippen molar-refractivity contribution in [2.24, 2.45) is 5.92 Å². The number of ether oxygens (including phenoxy) is 1. The third-order valence-corrected chi connectivity index (χ3v) is 2.57. The summed E-state index contributed by atoms with van der Waals surface area (Å²) in [4.78, 5) is 37.5. The monoisotopic (exact) mass is 302 g/mol. The summed E-state index contributed by atoms with van der Waals surface area (Å²) in [7, 11) is 0. The van der Waals surface area contributed by atoms with Gasteiger partial charge < -0.3 is 19.6 Å². The van der Waals surface area contributed by atoms with Gasteiger partial charge in [0.15, 0.2) is 0 Å². The van der Waals surface area contributed by atoms with E-state index in [1.54, 1.807) is 6.92 Å². The van der Waals surface area contributed by atoms with E-state index in [4.69, 9.17) is 9.84 Å². The first-order valence-corrected chi connectivity index (χ1v) is 7.23. The number of urea groups is 1. The summed E-state index contributed by atoms with van der Waals surface area (Å²) in [6.07, 6.45) is 0.674. The summed E-state index contributed by atoms with van der Waals surface area (Å²) in [6, 6.07) is -0.444. The highest BCUT2D eigenvalue weighted by Crippen LogP contribution is 2.06. The molecule has 0 rings (SSSR count). The Hall–Kier alpha value is -1.79. The third-order valence-electron chi connectivity index (χ3n) is 2.57. The highest BCUT2D eigenvalue weighted by atomic mass is 16.5. The van der Waals surface area contributed by atoms with Gasteiger partial charge in [0.05, 0.1) is 6.61 Å². The van der Waals surface area contributed by atoms with Gasteiger partial charge in [-0.2, -0.15) is 0 Å². The second-order valence-corrected chi connectivity index (χ2v) is 5.18. The van der Waals surface area contributed by atoms with Crippen molar-refractivity contribution in [1.82, 2.24) is 9.80 Å². The number of carboxylic acid groups (broad SMARTS) is 1. The number of amides is 2. The molecule has 0 bridgehead atoms. The van der Waals surface area contributed by atoms with Crippen molar-refractivity contribution in [3.63, 3.8) is 0 Å². The predicted molar refractivity (Wildman–Crippen MR) is 77.9 cm³/mol. The van der Waals surface area contributed by atoms with E-state index in [1.165, 1.54) is 9.80 Å². The first-order chi connectivity index (χ1) is 9.81. The second-order valence-electron chi connectivity index (χ2n) is 5.18. The number of aliphatic carboxylic acids is 1. The molecule has 0 fully saturated rings. The number of carbonyl (C=O) groups excluding carboxylic acids is 2. The van der Waals surface area contributed by atoms with E-state index in [1.807, 2.05) is 20.8 Å². The molecule has 7 heteroatoms. The molecule has 0 radical (unpaired) electrons. The summed E-state index contributed by atoms with van der Waals surface area (Å²) in [6.45, 7) is 7.80. The molecule has 0 atom stereocenters. The summed E-state index contributed by atoms with van der Waals surface area (Å²) in [5, 5.41) is 8.92. The number of hydrogen-bond donors (Lipinski definition) is 1. The van der Waals surface area contributed by atoms with Crippen LogP contribution in [-0.4, -0.2) is 65.7 Å². The highest BCUT2D eigenvalue weighted by Gasteiger charge is 2.25. The average Bonchev–Trinajstić information content (AvgIpc) is 2.35. The van der Waals surface area contributed by atoms with Crippen LogP contribution in [-0.2, 0) is 14.3 Å². The van der Waals surface area contributed by atoms with Gasteiger partial charge in [0, 0.05) is 13.1 Å². The molecule has 1 N–H and O–H groups in total. The fraction of sp³-hybridized carbons (Fsp3) is 0.786. The second kappa shape index (κ2) is 10.0. The smallest absolute Gasteiger partial charge is 0.325 e. The SMILES string of the molecule is CCCN(CC(=O)OCC)C(=O)N(CC(=O)O)CC(C)C. The lowest BCUT2D eigenvalue weighted by Crippen LogP contribution is -2.48. The third kappa shape index (κ3) is 8.16. The number of hydrogen-bond acceptors (Lipinski definition) is 4. The molecule has 0 spiro atoms. The first kappa shape index (κ1) is 19.2. The average molecular weight is 302 g/mol. The van der Waals surface area contributed by atoms with E-state index in [9.17, 15) is 14.4 Å². The van der Waals surface area contributed by atoms with Crippen LogP contribution in [0.1, 0.15) is 34.1 Å². The molecule has 0 aliphatic rings. The van der Waals surface area contributed by atoms with Crippen LogP contribution in [0.3, 0.4) is 0 Å². The van der Waals surface area contributed by atoms with Gasteiger partial charge in [0.25, 0.3) is 0 Å². The number of esters is 1. The van der Waals surface area contributed by atoms with E-state index in [-0.39, 0.29) is 25.6 Å². The number of nitrogens with zero attached hydrogens (tertiary/aromatic N) is 2. The zero-order chi connectivity index (χ0) is 16.4.